The first-order valence-corrected chi connectivity index (χ1v) is 12.3. The predicted molar refractivity (Wildman–Crippen MR) is 139 cm³/mol. The molecule has 0 fully saturated rings. The predicted octanol–water partition coefficient (Wildman–Crippen LogP) is 6.20. The van der Waals surface area contributed by atoms with E-state index in [1.807, 2.05) is 84.9 Å². The van der Waals surface area contributed by atoms with Crippen molar-refractivity contribution in [1.29, 1.82) is 0 Å². The lowest BCUT2D eigenvalue weighted by atomic mass is 9.88. The molecule has 5 heteroatoms. The van der Waals surface area contributed by atoms with Crippen LogP contribution in [0, 0.1) is 0 Å². The highest BCUT2D eigenvalue weighted by Gasteiger charge is 2.29. The molecule has 0 saturated carbocycles. The van der Waals surface area contributed by atoms with Gasteiger partial charge < -0.3 is 10.2 Å². The minimum absolute atomic E-state index is 0.0873. The molecule has 1 N–H and O–H groups in total. The maximum Gasteiger partial charge on any atom is 0.242 e. The fourth-order valence-corrected chi connectivity index (χ4v) is 4.22. The SMILES string of the molecule is CCCCNC(=O)C(C)N(Cc1ccccc1Cl)C(=O)CC(c1ccccc1)c1ccccc1. The van der Waals surface area contributed by atoms with Gasteiger partial charge in [-0.2, -0.15) is 0 Å². The molecule has 2 amide bonds. The maximum atomic E-state index is 13.8. The molecule has 1 unspecified atom stereocenters. The third kappa shape index (κ3) is 6.94. The quantitative estimate of drug-likeness (QED) is 0.335. The minimum Gasteiger partial charge on any atom is -0.354 e. The van der Waals surface area contributed by atoms with E-state index in [2.05, 4.69) is 12.2 Å². The zero-order valence-corrected chi connectivity index (χ0v) is 20.7. The third-order valence-electron chi connectivity index (χ3n) is 6.08. The second-order valence-corrected chi connectivity index (χ2v) is 8.92. The van der Waals surface area contributed by atoms with Gasteiger partial charge in [-0.05, 0) is 36.1 Å². The molecule has 0 aromatic heterocycles. The molecule has 3 aromatic carbocycles. The molecular weight excluding hydrogens is 444 g/mol. The summed E-state index contributed by atoms with van der Waals surface area (Å²) in [5.41, 5.74) is 2.96. The topological polar surface area (TPSA) is 49.4 Å². The number of nitrogens with zero attached hydrogens (tertiary/aromatic N) is 1. The average molecular weight is 477 g/mol. The van der Waals surface area contributed by atoms with Crippen LogP contribution in [0.1, 0.15) is 55.7 Å². The van der Waals surface area contributed by atoms with Gasteiger partial charge in [-0.3, -0.25) is 9.59 Å². The Morgan fingerprint density at radius 1 is 0.882 bits per heavy atom. The summed E-state index contributed by atoms with van der Waals surface area (Å²) in [4.78, 5) is 28.4. The number of nitrogens with one attached hydrogen (secondary N) is 1. The summed E-state index contributed by atoms with van der Waals surface area (Å²) < 4.78 is 0. The van der Waals surface area contributed by atoms with Crippen molar-refractivity contribution in [3.8, 4) is 0 Å². The average Bonchev–Trinajstić information content (AvgIpc) is 2.87. The van der Waals surface area contributed by atoms with Gasteiger partial charge in [0.1, 0.15) is 6.04 Å². The summed E-state index contributed by atoms with van der Waals surface area (Å²) in [6.45, 7) is 4.74. The van der Waals surface area contributed by atoms with E-state index in [-0.39, 0.29) is 30.7 Å². The minimum atomic E-state index is -0.618. The Kier molecular flexibility index (Phi) is 9.72. The molecule has 0 heterocycles. The number of benzene rings is 3. The van der Waals surface area contributed by atoms with Crippen molar-refractivity contribution < 1.29 is 9.59 Å². The number of rotatable bonds is 11. The standard InChI is InChI=1S/C29H33ClN2O2/c1-3-4-19-31-29(34)22(2)32(21-25-17-11-12-18-27(25)30)28(33)20-26(23-13-7-5-8-14-23)24-15-9-6-10-16-24/h5-18,22,26H,3-4,19-21H2,1-2H3,(H,31,34). The van der Waals surface area contributed by atoms with Gasteiger partial charge in [-0.25, -0.2) is 0 Å². The summed E-state index contributed by atoms with van der Waals surface area (Å²) in [5.74, 6) is -0.348. The van der Waals surface area contributed by atoms with Crippen molar-refractivity contribution in [2.45, 2.75) is 51.6 Å². The number of halogens is 1. The normalized spacial score (nSPS) is 11.8. The van der Waals surface area contributed by atoms with Crippen LogP contribution >= 0.6 is 11.6 Å². The van der Waals surface area contributed by atoms with Crippen molar-refractivity contribution in [3.05, 3.63) is 107 Å². The number of carbonyl (C=O) groups excluding carboxylic acids is 2. The molecule has 3 rings (SSSR count). The van der Waals surface area contributed by atoms with Crippen LogP contribution in [-0.4, -0.2) is 29.3 Å². The van der Waals surface area contributed by atoms with E-state index in [1.54, 1.807) is 11.8 Å². The molecule has 1 atom stereocenters. The lowest BCUT2D eigenvalue weighted by molar-refractivity contribution is -0.140. The first-order chi connectivity index (χ1) is 16.5. The smallest absolute Gasteiger partial charge is 0.242 e. The van der Waals surface area contributed by atoms with Crippen LogP contribution in [-0.2, 0) is 16.1 Å². The first-order valence-electron chi connectivity index (χ1n) is 11.9. The van der Waals surface area contributed by atoms with Crippen LogP contribution in [0.5, 0.6) is 0 Å². The molecule has 4 nitrogen and oxygen atoms in total. The van der Waals surface area contributed by atoms with Crippen LogP contribution < -0.4 is 5.32 Å². The van der Waals surface area contributed by atoms with E-state index in [0.717, 1.165) is 29.5 Å². The highest BCUT2D eigenvalue weighted by atomic mass is 35.5. The van der Waals surface area contributed by atoms with Gasteiger partial charge in [-0.1, -0.05) is 104 Å². The zero-order chi connectivity index (χ0) is 24.3. The zero-order valence-electron chi connectivity index (χ0n) is 19.9. The highest BCUT2D eigenvalue weighted by molar-refractivity contribution is 6.31. The summed E-state index contributed by atoms with van der Waals surface area (Å²) in [5, 5.41) is 3.55. The van der Waals surface area contributed by atoms with Gasteiger partial charge in [0.2, 0.25) is 11.8 Å². The van der Waals surface area contributed by atoms with Gasteiger partial charge >= 0.3 is 0 Å². The van der Waals surface area contributed by atoms with Gasteiger partial charge in [0, 0.05) is 30.5 Å². The Morgan fingerprint density at radius 3 is 2.00 bits per heavy atom. The summed E-state index contributed by atoms with van der Waals surface area (Å²) in [7, 11) is 0. The fourth-order valence-electron chi connectivity index (χ4n) is 4.02. The maximum absolute atomic E-state index is 13.8. The Morgan fingerprint density at radius 2 is 1.44 bits per heavy atom. The van der Waals surface area contributed by atoms with E-state index < -0.39 is 6.04 Å². The summed E-state index contributed by atoms with van der Waals surface area (Å²) >= 11 is 6.42. The number of carbonyl (C=O) groups is 2. The van der Waals surface area contributed by atoms with Crippen LogP contribution in [0.15, 0.2) is 84.9 Å². The molecule has 0 aliphatic heterocycles. The van der Waals surface area contributed by atoms with Gasteiger partial charge in [0.25, 0.3) is 0 Å². The van der Waals surface area contributed by atoms with Gasteiger partial charge in [0.15, 0.2) is 0 Å². The lowest BCUT2D eigenvalue weighted by Gasteiger charge is -2.31. The molecule has 0 aliphatic rings. The molecule has 178 valence electrons. The summed E-state index contributed by atoms with van der Waals surface area (Å²) in [6.07, 6.45) is 2.15. The molecule has 0 saturated heterocycles. The molecule has 34 heavy (non-hydrogen) atoms. The van der Waals surface area contributed by atoms with Crippen molar-refractivity contribution in [3.63, 3.8) is 0 Å². The monoisotopic (exact) mass is 476 g/mol. The Labute approximate surface area is 207 Å². The molecule has 0 spiro atoms. The first kappa shape index (κ1) is 25.5. The highest BCUT2D eigenvalue weighted by Crippen LogP contribution is 2.30. The van der Waals surface area contributed by atoms with Crippen LogP contribution in [0.3, 0.4) is 0 Å². The number of unbranched alkanes of at least 4 members (excludes halogenated alkanes) is 1. The van der Waals surface area contributed by atoms with E-state index in [1.165, 1.54) is 0 Å². The van der Waals surface area contributed by atoms with Crippen LogP contribution in [0.25, 0.3) is 0 Å². The van der Waals surface area contributed by atoms with Crippen molar-refractivity contribution >= 4 is 23.4 Å². The van der Waals surface area contributed by atoms with E-state index in [9.17, 15) is 9.59 Å². The van der Waals surface area contributed by atoms with Crippen LogP contribution in [0.2, 0.25) is 5.02 Å². The van der Waals surface area contributed by atoms with E-state index in [4.69, 9.17) is 11.6 Å². The Balaban J connectivity index is 1.89. The van der Waals surface area contributed by atoms with Crippen molar-refractivity contribution in [1.82, 2.24) is 10.2 Å². The van der Waals surface area contributed by atoms with Gasteiger partial charge in [-0.15, -0.1) is 0 Å². The Bertz CT molecular complexity index is 1020. The van der Waals surface area contributed by atoms with Gasteiger partial charge in [0.05, 0.1) is 0 Å². The largest absolute Gasteiger partial charge is 0.354 e. The molecular formula is C29H33ClN2O2. The fraction of sp³-hybridized carbons (Fsp3) is 0.310. The number of amides is 2. The second kappa shape index (κ2) is 13.0. The molecule has 0 radical (unpaired) electrons. The van der Waals surface area contributed by atoms with E-state index >= 15 is 0 Å². The number of hydrogen-bond donors (Lipinski definition) is 1. The van der Waals surface area contributed by atoms with Crippen LogP contribution in [0.4, 0.5) is 0 Å². The van der Waals surface area contributed by atoms with E-state index in [0.29, 0.717) is 11.6 Å². The third-order valence-corrected chi connectivity index (χ3v) is 6.45. The van der Waals surface area contributed by atoms with Crippen molar-refractivity contribution in [2.24, 2.45) is 0 Å². The van der Waals surface area contributed by atoms with Crippen molar-refractivity contribution in [2.75, 3.05) is 6.54 Å². The lowest BCUT2D eigenvalue weighted by Crippen LogP contribution is -2.48. The molecule has 0 aliphatic carbocycles. The second-order valence-electron chi connectivity index (χ2n) is 8.51. The molecule has 0 bridgehead atoms. The Hall–Kier alpha value is -3.11. The number of hydrogen-bond acceptors (Lipinski definition) is 2. The summed E-state index contributed by atoms with van der Waals surface area (Å²) in [6, 6.07) is 26.9. The molecule has 3 aromatic rings.